The van der Waals surface area contributed by atoms with Gasteiger partial charge in [0.05, 0.1) is 0 Å². The zero-order chi connectivity index (χ0) is 12.4. The second kappa shape index (κ2) is 9.64. The fourth-order valence-corrected chi connectivity index (χ4v) is 1.69. The van der Waals surface area contributed by atoms with Crippen LogP contribution < -0.4 is 10.6 Å². The van der Waals surface area contributed by atoms with Gasteiger partial charge in [-0.25, -0.2) is 0 Å². The number of carbonyl (C=O) groups is 1. The van der Waals surface area contributed by atoms with Gasteiger partial charge in [-0.2, -0.15) is 0 Å². The molecule has 1 amide bonds. The first-order valence-corrected chi connectivity index (χ1v) is 6.62. The molecule has 0 saturated heterocycles. The molecule has 0 fully saturated rings. The third-order valence-electron chi connectivity index (χ3n) is 2.63. The van der Waals surface area contributed by atoms with Crippen LogP contribution in [-0.4, -0.2) is 24.5 Å². The van der Waals surface area contributed by atoms with Crippen LogP contribution in [-0.2, 0) is 4.79 Å². The molecule has 0 aromatic carbocycles. The zero-order valence-corrected chi connectivity index (χ0v) is 11.3. The van der Waals surface area contributed by atoms with Gasteiger partial charge >= 0.3 is 0 Å². The lowest BCUT2D eigenvalue weighted by Crippen LogP contribution is -2.35. The quantitative estimate of drug-likeness (QED) is 0.636. The van der Waals surface area contributed by atoms with Gasteiger partial charge in [0.15, 0.2) is 0 Å². The molecule has 0 aliphatic rings. The van der Waals surface area contributed by atoms with Crippen LogP contribution in [0.3, 0.4) is 0 Å². The van der Waals surface area contributed by atoms with E-state index in [0.717, 1.165) is 13.0 Å². The van der Waals surface area contributed by atoms with E-state index in [4.69, 9.17) is 0 Å². The van der Waals surface area contributed by atoms with Crippen LogP contribution >= 0.6 is 0 Å². The molecule has 2 N–H and O–H groups in total. The number of amides is 1. The SMILES string of the molecule is CCCCC(CC)NCCC(=O)NC(C)C. The Morgan fingerprint density at radius 1 is 1.25 bits per heavy atom. The summed E-state index contributed by atoms with van der Waals surface area (Å²) >= 11 is 0. The van der Waals surface area contributed by atoms with E-state index in [-0.39, 0.29) is 11.9 Å². The van der Waals surface area contributed by atoms with E-state index in [1.165, 1.54) is 19.3 Å². The Morgan fingerprint density at radius 2 is 1.94 bits per heavy atom. The Hall–Kier alpha value is -0.570. The molecule has 0 aromatic rings. The predicted molar refractivity (Wildman–Crippen MR) is 69.5 cm³/mol. The van der Waals surface area contributed by atoms with Gasteiger partial charge in [-0.15, -0.1) is 0 Å². The lowest BCUT2D eigenvalue weighted by molar-refractivity contribution is -0.121. The lowest BCUT2D eigenvalue weighted by Gasteiger charge is -2.16. The minimum Gasteiger partial charge on any atom is -0.354 e. The molecule has 0 radical (unpaired) electrons. The molecular formula is C13H28N2O. The maximum absolute atomic E-state index is 11.4. The van der Waals surface area contributed by atoms with Crippen molar-refractivity contribution in [1.82, 2.24) is 10.6 Å². The molecule has 1 unspecified atom stereocenters. The maximum atomic E-state index is 11.4. The van der Waals surface area contributed by atoms with Gasteiger partial charge in [0.2, 0.25) is 5.91 Å². The summed E-state index contributed by atoms with van der Waals surface area (Å²) in [6, 6.07) is 0.821. The molecular weight excluding hydrogens is 200 g/mol. The Balaban J connectivity index is 3.57. The number of hydrogen-bond acceptors (Lipinski definition) is 2. The Labute approximate surface area is 100 Å². The van der Waals surface area contributed by atoms with E-state index < -0.39 is 0 Å². The van der Waals surface area contributed by atoms with Crippen LogP contribution in [0.4, 0.5) is 0 Å². The Morgan fingerprint density at radius 3 is 2.44 bits per heavy atom. The van der Waals surface area contributed by atoms with Crippen molar-refractivity contribution in [2.24, 2.45) is 0 Å². The minimum atomic E-state index is 0.146. The number of hydrogen-bond donors (Lipinski definition) is 2. The summed E-state index contributed by atoms with van der Waals surface area (Å²) in [7, 11) is 0. The molecule has 0 bridgehead atoms. The van der Waals surface area contributed by atoms with Crippen molar-refractivity contribution in [2.75, 3.05) is 6.54 Å². The summed E-state index contributed by atoms with van der Waals surface area (Å²) in [5.74, 6) is 0.146. The van der Waals surface area contributed by atoms with Gasteiger partial charge < -0.3 is 10.6 Å². The fourth-order valence-electron chi connectivity index (χ4n) is 1.69. The molecule has 0 aromatic heterocycles. The predicted octanol–water partition coefficient (Wildman–Crippen LogP) is 2.46. The Kier molecular flexibility index (Phi) is 9.30. The standard InChI is InChI=1S/C13H28N2O/c1-5-7-8-12(6-2)14-10-9-13(16)15-11(3)4/h11-12,14H,5-10H2,1-4H3,(H,15,16). The van der Waals surface area contributed by atoms with E-state index in [1.54, 1.807) is 0 Å². The molecule has 96 valence electrons. The highest BCUT2D eigenvalue weighted by molar-refractivity contribution is 5.76. The first-order valence-electron chi connectivity index (χ1n) is 6.62. The van der Waals surface area contributed by atoms with Crippen LogP contribution in [0.2, 0.25) is 0 Å². The summed E-state index contributed by atoms with van der Waals surface area (Å²) in [5, 5.41) is 6.35. The summed E-state index contributed by atoms with van der Waals surface area (Å²) in [4.78, 5) is 11.4. The smallest absolute Gasteiger partial charge is 0.221 e. The fraction of sp³-hybridized carbons (Fsp3) is 0.923. The van der Waals surface area contributed by atoms with Gasteiger partial charge in [-0.1, -0.05) is 26.7 Å². The normalized spacial score (nSPS) is 12.8. The third kappa shape index (κ3) is 8.72. The van der Waals surface area contributed by atoms with Gasteiger partial charge in [0.25, 0.3) is 0 Å². The lowest BCUT2D eigenvalue weighted by atomic mass is 10.1. The van der Waals surface area contributed by atoms with Crippen LogP contribution in [0.1, 0.15) is 59.8 Å². The van der Waals surface area contributed by atoms with Crippen molar-refractivity contribution in [1.29, 1.82) is 0 Å². The zero-order valence-electron chi connectivity index (χ0n) is 11.3. The topological polar surface area (TPSA) is 41.1 Å². The second-order valence-corrected chi connectivity index (χ2v) is 4.67. The number of rotatable bonds is 9. The van der Waals surface area contributed by atoms with E-state index in [9.17, 15) is 4.79 Å². The largest absolute Gasteiger partial charge is 0.354 e. The molecule has 0 aliphatic carbocycles. The van der Waals surface area contributed by atoms with Gasteiger partial charge in [-0.3, -0.25) is 4.79 Å². The van der Waals surface area contributed by atoms with Gasteiger partial charge in [-0.05, 0) is 26.7 Å². The maximum Gasteiger partial charge on any atom is 0.221 e. The highest BCUT2D eigenvalue weighted by Gasteiger charge is 2.06. The number of carbonyl (C=O) groups excluding carboxylic acids is 1. The average molecular weight is 228 g/mol. The first-order chi connectivity index (χ1) is 7.60. The molecule has 0 spiro atoms. The molecule has 1 atom stereocenters. The van der Waals surface area contributed by atoms with Crippen LogP contribution in [0.25, 0.3) is 0 Å². The van der Waals surface area contributed by atoms with Crippen molar-refractivity contribution in [3.63, 3.8) is 0 Å². The highest BCUT2D eigenvalue weighted by atomic mass is 16.1. The van der Waals surface area contributed by atoms with Crippen molar-refractivity contribution >= 4 is 5.91 Å². The third-order valence-corrected chi connectivity index (χ3v) is 2.63. The summed E-state index contributed by atoms with van der Waals surface area (Å²) in [6.45, 7) is 9.17. The molecule has 16 heavy (non-hydrogen) atoms. The van der Waals surface area contributed by atoms with Crippen molar-refractivity contribution in [3.05, 3.63) is 0 Å². The molecule has 3 nitrogen and oxygen atoms in total. The second-order valence-electron chi connectivity index (χ2n) is 4.67. The molecule has 3 heteroatoms. The monoisotopic (exact) mass is 228 g/mol. The highest BCUT2D eigenvalue weighted by Crippen LogP contribution is 2.03. The van der Waals surface area contributed by atoms with E-state index >= 15 is 0 Å². The van der Waals surface area contributed by atoms with Crippen molar-refractivity contribution < 1.29 is 4.79 Å². The molecule has 0 rings (SSSR count). The first kappa shape index (κ1) is 15.4. The van der Waals surface area contributed by atoms with Crippen molar-refractivity contribution in [2.45, 2.75) is 71.9 Å². The van der Waals surface area contributed by atoms with Crippen molar-refractivity contribution in [3.8, 4) is 0 Å². The number of nitrogens with one attached hydrogen (secondary N) is 2. The summed E-state index contributed by atoms with van der Waals surface area (Å²) in [5.41, 5.74) is 0. The molecule has 0 heterocycles. The summed E-state index contributed by atoms with van der Waals surface area (Å²) < 4.78 is 0. The van der Waals surface area contributed by atoms with Crippen LogP contribution in [0, 0.1) is 0 Å². The average Bonchev–Trinajstić information content (AvgIpc) is 2.22. The van der Waals surface area contributed by atoms with Gasteiger partial charge in [0.1, 0.15) is 0 Å². The number of unbranched alkanes of at least 4 members (excludes halogenated alkanes) is 1. The Bertz CT molecular complexity index is 181. The summed E-state index contributed by atoms with van der Waals surface area (Å²) in [6.07, 6.45) is 5.46. The molecule has 0 aliphatic heterocycles. The van der Waals surface area contributed by atoms with E-state index in [0.29, 0.717) is 12.5 Å². The van der Waals surface area contributed by atoms with Crippen LogP contribution in [0.15, 0.2) is 0 Å². The molecule has 0 saturated carbocycles. The minimum absolute atomic E-state index is 0.146. The van der Waals surface area contributed by atoms with E-state index in [2.05, 4.69) is 24.5 Å². The van der Waals surface area contributed by atoms with Gasteiger partial charge in [0, 0.05) is 25.0 Å². The van der Waals surface area contributed by atoms with E-state index in [1.807, 2.05) is 13.8 Å². The van der Waals surface area contributed by atoms with Crippen LogP contribution in [0.5, 0.6) is 0 Å².